The molecule has 168 valence electrons. The summed E-state index contributed by atoms with van der Waals surface area (Å²) < 4.78 is 48.9. The first kappa shape index (κ1) is 23.5. The van der Waals surface area contributed by atoms with Crippen molar-refractivity contribution in [3.05, 3.63) is 52.5 Å². The van der Waals surface area contributed by atoms with Crippen molar-refractivity contribution >= 4 is 17.6 Å². The topological polar surface area (TPSA) is 35.5 Å². The van der Waals surface area contributed by atoms with E-state index in [9.17, 15) is 18.0 Å². The molecular weight excluding hydrogens is 429 g/mol. The highest BCUT2D eigenvalue weighted by atomic mass is 35.5. The highest BCUT2D eigenvalue weighted by molar-refractivity contribution is 6.32. The fraction of sp³-hybridized carbons (Fsp3) is 0.458. The average molecular weight is 455 g/mol. The van der Waals surface area contributed by atoms with Crippen molar-refractivity contribution in [3.8, 4) is 16.9 Å². The summed E-state index contributed by atoms with van der Waals surface area (Å²) in [6, 6.07) is 11.0. The van der Waals surface area contributed by atoms with Gasteiger partial charge in [-0.1, -0.05) is 56.1 Å². The molecule has 0 N–H and O–H groups in total. The summed E-state index contributed by atoms with van der Waals surface area (Å²) in [5.41, 5.74) is 3.16. The van der Waals surface area contributed by atoms with Gasteiger partial charge in [0.2, 0.25) is 0 Å². The van der Waals surface area contributed by atoms with E-state index in [4.69, 9.17) is 21.1 Å². The van der Waals surface area contributed by atoms with Crippen molar-refractivity contribution in [3.63, 3.8) is 0 Å². The molecule has 2 atom stereocenters. The molecule has 3 rings (SSSR count). The third-order valence-electron chi connectivity index (χ3n) is 5.30. The molecule has 3 nitrogen and oxygen atoms in total. The average Bonchev–Trinajstić information content (AvgIpc) is 3.49. The molecule has 0 bridgehead atoms. The van der Waals surface area contributed by atoms with E-state index >= 15 is 0 Å². The van der Waals surface area contributed by atoms with E-state index in [1.54, 1.807) is 12.1 Å². The first-order chi connectivity index (χ1) is 14.7. The van der Waals surface area contributed by atoms with E-state index in [0.717, 1.165) is 36.0 Å². The van der Waals surface area contributed by atoms with Gasteiger partial charge in [0.1, 0.15) is 11.9 Å². The number of halogens is 4. The second-order valence-electron chi connectivity index (χ2n) is 7.81. The molecule has 0 radical (unpaired) electrons. The second-order valence-corrected chi connectivity index (χ2v) is 8.22. The molecule has 0 saturated heterocycles. The van der Waals surface area contributed by atoms with E-state index < -0.39 is 12.8 Å². The van der Waals surface area contributed by atoms with Gasteiger partial charge < -0.3 is 9.47 Å². The number of carbonyl (C=O) groups is 1. The molecule has 2 aromatic rings. The van der Waals surface area contributed by atoms with Gasteiger partial charge in [0.05, 0.1) is 5.02 Å². The van der Waals surface area contributed by atoms with Crippen LogP contribution in [0.15, 0.2) is 36.4 Å². The third kappa shape index (κ3) is 6.39. The van der Waals surface area contributed by atoms with Crippen molar-refractivity contribution in [1.82, 2.24) is 0 Å². The van der Waals surface area contributed by atoms with Crippen molar-refractivity contribution in [2.75, 3.05) is 6.61 Å². The predicted molar refractivity (Wildman–Crippen MR) is 115 cm³/mol. The van der Waals surface area contributed by atoms with Gasteiger partial charge in [0, 0.05) is 17.9 Å². The van der Waals surface area contributed by atoms with Crippen LogP contribution in [0, 0.1) is 0 Å². The minimum Gasteiger partial charge on any atom is -0.482 e. The quantitative estimate of drug-likeness (QED) is 0.379. The molecule has 0 amide bonds. The number of alkyl halides is 3. The summed E-state index contributed by atoms with van der Waals surface area (Å²) in [6.07, 6.45) is -1.09. The molecule has 0 heterocycles. The zero-order valence-corrected chi connectivity index (χ0v) is 18.4. The van der Waals surface area contributed by atoms with Gasteiger partial charge >= 0.3 is 12.1 Å². The largest absolute Gasteiger partial charge is 0.482 e. The number of rotatable bonds is 9. The Hall–Kier alpha value is -2.21. The smallest absolute Gasteiger partial charge is 0.422 e. The van der Waals surface area contributed by atoms with E-state index in [-0.39, 0.29) is 28.8 Å². The molecular formula is C24H26ClF3O3. The van der Waals surface area contributed by atoms with Crippen molar-refractivity contribution < 1.29 is 27.4 Å². The van der Waals surface area contributed by atoms with Crippen LogP contribution in [0.3, 0.4) is 0 Å². The second kappa shape index (κ2) is 9.94. The Kier molecular flexibility index (Phi) is 7.52. The van der Waals surface area contributed by atoms with Crippen LogP contribution in [0.25, 0.3) is 11.1 Å². The Morgan fingerprint density at radius 3 is 2.48 bits per heavy atom. The number of carbonyl (C=O) groups excluding carboxylic acids is 1. The minimum absolute atomic E-state index is 0.00382. The van der Waals surface area contributed by atoms with Crippen molar-refractivity contribution in [2.45, 2.75) is 64.1 Å². The molecule has 0 aromatic heterocycles. The fourth-order valence-electron chi connectivity index (χ4n) is 3.47. The van der Waals surface area contributed by atoms with Crippen LogP contribution in [0.1, 0.15) is 56.6 Å². The highest BCUT2D eigenvalue weighted by Gasteiger charge is 2.42. The number of benzene rings is 2. The predicted octanol–water partition coefficient (Wildman–Crippen LogP) is 7.10. The highest BCUT2D eigenvalue weighted by Crippen LogP contribution is 2.48. The number of hydrogen-bond donors (Lipinski definition) is 0. The standard InChI is InChI=1S/C24H26ClF3O3/c1-3-5-6-22(29)31-21-13-18(21)17-11-19(16-9-7-15(4-2)8-10-16)23(20(25)12-17)30-14-24(26,27)28/h7-12,18,21H,3-6,13-14H2,1-2H3. The number of esters is 1. The van der Waals surface area contributed by atoms with E-state index in [1.165, 1.54) is 0 Å². The van der Waals surface area contributed by atoms with Gasteiger partial charge in [-0.3, -0.25) is 4.79 Å². The Balaban J connectivity index is 1.87. The number of hydrogen-bond acceptors (Lipinski definition) is 3. The lowest BCUT2D eigenvalue weighted by Gasteiger charge is -2.17. The number of unbranched alkanes of at least 4 members (excludes halogenated alkanes) is 1. The summed E-state index contributed by atoms with van der Waals surface area (Å²) in [5.74, 6) is -0.238. The number of aryl methyl sites for hydroxylation is 1. The zero-order chi connectivity index (χ0) is 22.6. The van der Waals surface area contributed by atoms with Crippen LogP contribution < -0.4 is 4.74 Å². The Morgan fingerprint density at radius 1 is 1.16 bits per heavy atom. The molecule has 0 spiro atoms. The lowest BCUT2D eigenvalue weighted by Crippen LogP contribution is -2.19. The molecule has 2 aromatic carbocycles. The normalized spacial score (nSPS) is 18.0. The monoisotopic (exact) mass is 454 g/mol. The summed E-state index contributed by atoms with van der Waals surface area (Å²) in [4.78, 5) is 11.9. The maximum Gasteiger partial charge on any atom is 0.422 e. The van der Waals surface area contributed by atoms with Gasteiger partial charge in [-0.25, -0.2) is 0 Å². The van der Waals surface area contributed by atoms with Crippen molar-refractivity contribution in [2.24, 2.45) is 0 Å². The maximum atomic E-state index is 12.8. The lowest BCUT2D eigenvalue weighted by molar-refractivity contribution is -0.153. The van der Waals surface area contributed by atoms with E-state index in [2.05, 4.69) is 0 Å². The lowest BCUT2D eigenvalue weighted by atomic mass is 9.98. The van der Waals surface area contributed by atoms with Crippen LogP contribution in [0.5, 0.6) is 5.75 Å². The van der Waals surface area contributed by atoms with Crippen LogP contribution in [0.4, 0.5) is 13.2 Å². The van der Waals surface area contributed by atoms with Gasteiger partial charge in [-0.05, 0) is 48.1 Å². The Bertz CT molecular complexity index is 910. The summed E-state index contributed by atoms with van der Waals surface area (Å²) >= 11 is 6.37. The molecule has 2 unspecified atom stereocenters. The molecule has 1 saturated carbocycles. The minimum atomic E-state index is -4.47. The molecule has 1 aliphatic rings. The zero-order valence-electron chi connectivity index (χ0n) is 17.6. The molecule has 1 fully saturated rings. The molecule has 7 heteroatoms. The van der Waals surface area contributed by atoms with E-state index in [1.807, 2.05) is 38.1 Å². The summed E-state index contributed by atoms with van der Waals surface area (Å²) in [7, 11) is 0. The first-order valence-corrected chi connectivity index (χ1v) is 10.9. The SMILES string of the molecule is CCCCC(=O)OC1CC1c1cc(Cl)c(OCC(F)(F)F)c(-c2ccc(CC)cc2)c1. The summed E-state index contributed by atoms with van der Waals surface area (Å²) in [6.45, 7) is 2.61. The Morgan fingerprint density at radius 2 is 1.87 bits per heavy atom. The van der Waals surface area contributed by atoms with Gasteiger partial charge in [0.15, 0.2) is 6.61 Å². The fourth-order valence-corrected chi connectivity index (χ4v) is 3.75. The van der Waals surface area contributed by atoms with Crippen LogP contribution in [-0.4, -0.2) is 24.9 Å². The van der Waals surface area contributed by atoms with Crippen LogP contribution in [-0.2, 0) is 16.0 Å². The maximum absolute atomic E-state index is 12.8. The van der Waals surface area contributed by atoms with E-state index in [0.29, 0.717) is 18.4 Å². The molecule has 1 aliphatic carbocycles. The molecule has 31 heavy (non-hydrogen) atoms. The number of ether oxygens (including phenoxy) is 2. The summed E-state index contributed by atoms with van der Waals surface area (Å²) in [5, 5.41) is 0.110. The molecule has 0 aliphatic heterocycles. The van der Waals surface area contributed by atoms with Gasteiger partial charge in [0.25, 0.3) is 0 Å². The van der Waals surface area contributed by atoms with Crippen LogP contribution in [0.2, 0.25) is 5.02 Å². The third-order valence-corrected chi connectivity index (χ3v) is 5.58. The van der Waals surface area contributed by atoms with Gasteiger partial charge in [-0.2, -0.15) is 13.2 Å². The van der Waals surface area contributed by atoms with Crippen molar-refractivity contribution in [1.29, 1.82) is 0 Å². The van der Waals surface area contributed by atoms with Crippen LogP contribution >= 0.6 is 11.6 Å². The Labute approximate surface area is 185 Å². The van der Waals surface area contributed by atoms with Gasteiger partial charge in [-0.15, -0.1) is 0 Å². The first-order valence-electron chi connectivity index (χ1n) is 10.5.